The predicted molar refractivity (Wildman–Crippen MR) is 70.3 cm³/mol. The average Bonchev–Trinajstić information content (AvgIpc) is 2.72. The molecule has 96 valence electrons. The summed E-state index contributed by atoms with van der Waals surface area (Å²) in [5, 5.41) is 3.69. The molecule has 18 heavy (non-hydrogen) atoms. The maximum atomic E-state index is 5.97. The molecule has 0 aliphatic carbocycles. The molecule has 0 saturated carbocycles. The van der Waals surface area contributed by atoms with Gasteiger partial charge in [-0.15, -0.1) is 0 Å². The van der Waals surface area contributed by atoms with Crippen molar-refractivity contribution in [2.24, 2.45) is 0 Å². The molecule has 0 aliphatic heterocycles. The Bertz CT molecular complexity index is 529. The van der Waals surface area contributed by atoms with E-state index in [4.69, 9.17) is 20.8 Å². The number of ether oxygens (including phenoxy) is 1. The lowest BCUT2D eigenvalue weighted by molar-refractivity contribution is 0.327. The van der Waals surface area contributed by atoms with E-state index >= 15 is 0 Å². The molecule has 4 nitrogen and oxygen atoms in total. The van der Waals surface area contributed by atoms with E-state index in [1.54, 1.807) is 6.26 Å². The number of halogens is 1. The Labute approximate surface area is 111 Å². The first-order valence-electron chi connectivity index (χ1n) is 5.63. The molecule has 1 aromatic heterocycles. The second-order valence-corrected chi connectivity index (χ2v) is 4.54. The van der Waals surface area contributed by atoms with Crippen molar-refractivity contribution in [2.45, 2.75) is 20.4 Å². The maximum absolute atomic E-state index is 5.97. The third-order valence-electron chi connectivity index (χ3n) is 2.50. The van der Waals surface area contributed by atoms with Crippen LogP contribution in [0, 0.1) is 13.8 Å². The molecular weight excluding hydrogens is 252 g/mol. The van der Waals surface area contributed by atoms with Gasteiger partial charge in [-0.1, -0.05) is 11.6 Å². The van der Waals surface area contributed by atoms with Crippen LogP contribution in [0.25, 0.3) is 0 Å². The van der Waals surface area contributed by atoms with Crippen molar-refractivity contribution in [3.63, 3.8) is 0 Å². The first-order valence-corrected chi connectivity index (χ1v) is 6.01. The highest BCUT2D eigenvalue weighted by molar-refractivity contribution is 6.30. The first kappa shape index (κ1) is 12.9. The number of hydrogen-bond donors (Lipinski definition) is 1. The van der Waals surface area contributed by atoms with Crippen molar-refractivity contribution < 1.29 is 9.15 Å². The third-order valence-corrected chi connectivity index (χ3v) is 2.72. The van der Waals surface area contributed by atoms with Crippen LogP contribution in [0.5, 0.6) is 11.8 Å². The molecule has 0 unspecified atom stereocenters. The fraction of sp³-hybridized carbons (Fsp3) is 0.308. The summed E-state index contributed by atoms with van der Waals surface area (Å²) in [5.41, 5.74) is 2.71. The van der Waals surface area contributed by atoms with Crippen LogP contribution >= 0.6 is 11.6 Å². The molecule has 0 atom stereocenters. The van der Waals surface area contributed by atoms with Gasteiger partial charge in [-0.3, -0.25) is 0 Å². The van der Waals surface area contributed by atoms with E-state index in [1.165, 1.54) is 0 Å². The normalized spacial score (nSPS) is 10.7. The molecule has 5 heteroatoms. The molecule has 1 heterocycles. The SMILES string of the molecule is CNCc1coc(Oc2c(C)cc(Cl)cc2C)n1. The smallest absolute Gasteiger partial charge is 0.399 e. The van der Waals surface area contributed by atoms with Gasteiger partial charge in [0.2, 0.25) is 0 Å². The Morgan fingerprint density at radius 3 is 2.61 bits per heavy atom. The van der Waals surface area contributed by atoms with Gasteiger partial charge in [0.15, 0.2) is 0 Å². The Balaban J connectivity index is 2.22. The van der Waals surface area contributed by atoms with Crippen LogP contribution in [0.4, 0.5) is 0 Å². The van der Waals surface area contributed by atoms with Crippen molar-refractivity contribution in [1.82, 2.24) is 10.3 Å². The van der Waals surface area contributed by atoms with Gasteiger partial charge in [0.05, 0.1) is 5.69 Å². The summed E-state index contributed by atoms with van der Waals surface area (Å²) in [6, 6.07) is 3.70. The van der Waals surface area contributed by atoms with Gasteiger partial charge in [0, 0.05) is 11.6 Å². The second kappa shape index (κ2) is 5.42. The summed E-state index contributed by atoms with van der Waals surface area (Å²) in [4.78, 5) is 4.22. The zero-order valence-corrected chi connectivity index (χ0v) is 11.3. The first-order chi connectivity index (χ1) is 8.60. The number of aromatic nitrogens is 1. The molecular formula is C13H15ClN2O2. The highest BCUT2D eigenvalue weighted by atomic mass is 35.5. The molecule has 1 aromatic carbocycles. The van der Waals surface area contributed by atoms with Gasteiger partial charge in [-0.25, -0.2) is 0 Å². The summed E-state index contributed by atoms with van der Waals surface area (Å²) in [6.07, 6.45) is 1.82. The highest BCUT2D eigenvalue weighted by Gasteiger charge is 2.11. The van der Waals surface area contributed by atoms with Crippen LogP contribution in [0.2, 0.25) is 5.02 Å². The zero-order valence-electron chi connectivity index (χ0n) is 10.6. The number of benzene rings is 1. The molecule has 0 fully saturated rings. The number of hydrogen-bond acceptors (Lipinski definition) is 4. The van der Waals surface area contributed by atoms with Crippen molar-refractivity contribution >= 4 is 11.6 Å². The number of rotatable bonds is 4. The lowest BCUT2D eigenvalue weighted by atomic mass is 10.1. The number of nitrogens with zero attached hydrogens (tertiary/aromatic N) is 1. The summed E-state index contributed by atoms with van der Waals surface area (Å²) in [6.45, 7) is 4.52. The van der Waals surface area contributed by atoms with Crippen LogP contribution in [0.15, 0.2) is 22.8 Å². The quantitative estimate of drug-likeness (QED) is 0.921. The monoisotopic (exact) mass is 266 g/mol. The second-order valence-electron chi connectivity index (χ2n) is 4.11. The van der Waals surface area contributed by atoms with Gasteiger partial charge in [-0.2, -0.15) is 4.98 Å². The molecule has 0 aliphatic rings. The highest BCUT2D eigenvalue weighted by Crippen LogP contribution is 2.30. The van der Waals surface area contributed by atoms with Crippen LogP contribution in [-0.4, -0.2) is 12.0 Å². The Morgan fingerprint density at radius 2 is 2.00 bits per heavy atom. The summed E-state index contributed by atoms with van der Waals surface area (Å²) in [5.74, 6) is 0.734. The molecule has 0 saturated heterocycles. The topological polar surface area (TPSA) is 47.3 Å². The molecule has 2 rings (SSSR count). The minimum absolute atomic E-state index is 0.244. The van der Waals surface area contributed by atoms with Crippen molar-refractivity contribution in [2.75, 3.05) is 7.05 Å². The molecule has 0 bridgehead atoms. The van der Waals surface area contributed by atoms with Gasteiger partial charge in [-0.05, 0) is 44.2 Å². The lowest BCUT2D eigenvalue weighted by Gasteiger charge is -2.08. The fourth-order valence-corrected chi connectivity index (χ4v) is 2.07. The molecule has 0 spiro atoms. The molecule has 1 N–H and O–H groups in total. The van der Waals surface area contributed by atoms with Crippen LogP contribution < -0.4 is 10.1 Å². The fourth-order valence-electron chi connectivity index (χ4n) is 1.74. The van der Waals surface area contributed by atoms with Crippen molar-refractivity contribution in [1.29, 1.82) is 0 Å². The average molecular weight is 267 g/mol. The minimum atomic E-state index is 0.244. The van der Waals surface area contributed by atoms with Gasteiger partial charge < -0.3 is 14.5 Å². The van der Waals surface area contributed by atoms with E-state index in [0.29, 0.717) is 11.6 Å². The number of nitrogens with one attached hydrogen (secondary N) is 1. The standard InChI is InChI=1S/C13H15ClN2O2/c1-8-4-10(14)5-9(2)12(8)18-13-16-11(6-15-3)7-17-13/h4-5,7,15H,6H2,1-3H3. The minimum Gasteiger partial charge on any atom is -0.417 e. The van der Waals surface area contributed by atoms with E-state index in [1.807, 2.05) is 33.0 Å². The molecule has 2 aromatic rings. The predicted octanol–water partition coefficient (Wildman–Crippen LogP) is 3.46. The van der Waals surface area contributed by atoms with Crippen LogP contribution in [0.1, 0.15) is 16.8 Å². The van der Waals surface area contributed by atoms with E-state index in [9.17, 15) is 0 Å². The Morgan fingerprint density at radius 1 is 1.33 bits per heavy atom. The third kappa shape index (κ3) is 2.83. The molecule has 0 radical (unpaired) electrons. The van der Waals surface area contributed by atoms with Gasteiger partial charge in [0.1, 0.15) is 12.0 Å². The van der Waals surface area contributed by atoms with Crippen LogP contribution in [0.3, 0.4) is 0 Å². The Kier molecular flexibility index (Phi) is 3.89. The summed E-state index contributed by atoms with van der Waals surface area (Å²) in [7, 11) is 1.85. The number of aryl methyl sites for hydroxylation is 2. The van der Waals surface area contributed by atoms with E-state index in [0.717, 1.165) is 22.6 Å². The zero-order chi connectivity index (χ0) is 13.1. The van der Waals surface area contributed by atoms with Crippen molar-refractivity contribution in [3.05, 3.63) is 40.2 Å². The van der Waals surface area contributed by atoms with E-state index < -0.39 is 0 Å². The van der Waals surface area contributed by atoms with Crippen molar-refractivity contribution in [3.8, 4) is 11.8 Å². The summed E-state index contributed by atoms with van der Waals surface area (Å²) >= 11 is 5.97. The van der Waals surface area contributed by atoms with E-state index in [-0.39, 0.29) is 6.08 Å². The van der Waals surface area contributed by atoms with Crippen LogP contribution in [-0.2, 0) is 6.54 Å². The summed E-state index contributed by atoms with van der Waals surface area (Å²) < 4.78 is 10.9. The maximum Gasteiger partial charge on any atom is 0.399 e. The molecule has 0 amide bonds. The number of oxazole rings is 1. The van der Waals surface area contributed by atoms with Gasteiger partial charge in [0.25, 0.3) is 0 Å². The largest absolute Gasteiger partial charge is 0.417 e. The van der Waals surface area contributed by atoms with Gasteiger partial charge >= 0.3 is 6.08 Å². The lowest BCUT2D eigenvalue weighted by Crippen LogP contribution is -2.04. The van der Waals surface area contributed by atoms with E-state index in [2.05, 4.69) is 10.3 Å². The Hall–Kier alpha value is -1.52.